The maximum absolute atomic E-state index is 12.8. The van der Waals surface area contributed by atoms with E-state index in [1.165, 1.54) is 0 Å². The molecule has 1 amide bonds. The van der Waals surface area contributed by atoms with E-state index in [1.54, 1.807) is 24.0 Å². The fourth-order valence-electron chi connectivity index (χ4n) is 2.49. The number of rotatable bonds is 3. The van der Waals surface area contributed by atoms with Crippen LogP contribution in [-0.2, 0) is 7.05 Å². The minimum atomic E-state index is -0.443. The number of piperidine rings is 1. The number of aryl methyl sites for hydroxylation is 1. The largest absolute Gasteiger partial charge is 0.348 e. The lowest BCUT2D eigenvalue weighted by Gasteiger charge is -2.32. The van der Waals surface area contributed by atoms with Crippen LogP contribution in [0, 0.1) is 5.82 Å². The fraction of sp³-hybridized carbons (Fsp3) is 0.429. The quantitative estimate of drug-likeness (QED) is 0.905. The van der Waals surface area contributed by atoms with E-state index < -0.39 is 5.82 Å². The van der Waals surface area contributed by atoms with Crippen molar-refractivity contribution in [2.75, 3.05) is 18.0 Å². The second-order valence-electron chi connectivity index (χ2n) is 5.31. The van der Waals surface area contributed by atoms with Gasteiger partial charge >= 0.3 is 0 Å². The Bertz CT molecular complexity index is 648. The Morgan fingerprint density at radius 1 is 1.32 bits per heavy atom. The smallest absolute Gasteiger partial charge is 0.271 e. The Balaban J connectivity index is 1.53. The molecule has 1 aliphatic heterocycles. The van der Waals surface area contributed by atoms with Crippen molar-refractivity contribution in [2.24, 2.45) is 7.05 Å². The summed E-state index contributed by atoms with van der Waals surface area (Å²) in [5.41, 5.74) is 0.423. The highest BCUT2D eigenvalue weighted by molar-refractivity contribution is 5.92. The minimum absolute atomic E-state index is 0.103. The molecule has 0 aliphatic carbocycles. The molecule has 2 aromatic rings. The molecule has 0 aromatic carbocycles. The van der Waals surface area contributed by atoms with Crippen LogP contribution < -0.4 is 10.2 Å². The molecule has 3 heterocycles. The van der Waals surface area contributed by atoms with Gasteiger partial charge < -0.3 is 10.2 Å². The Kier molecular flexibility index (Phi) is 3.99. The maximum atomic E-state index is 12.8. The zero-order chi connectivity index (χ0) is 15.5. The monoisotopic (exact) mass is 304 g/mol. The van der Waals surface area contributed by atoms with Crippen LogP contribution in [0.15, 0.2) is 24.7 Å². The Hall–Kier alpha value is -2.51. The molecule has 3 rings (SSSR count). The van der Waals surface area contributed by atoms with Crippen molar-refractivity contribution in [1.82, 2.24) is 25.1 Å². The van der Waals surface area contributed by atoms with E-state index in [1.807, 2.05) is 4.90 Å². The SMILES string of the molecule is Cn1ccc(C(=O)NC2CCN(c3ncc(F)cn3)CC2)n1. The summed E-state index contributed by atoms with van der Waals surface area (Å²) in [6.07, 6.45) is 5.65. The average molecular weight is 304 g/mol. The maximum Gasteiger partial charge on any atom is 0.271 e. The summed E-state index contributed by atoms with van der Waals surface area (Å²) in [5, 5.41) is 7.07. The molecule has 0 bridgehead atoms. The number of hydrogen-bond acceptors (Lipinski definition) is 5. The van der Waals surface area contributed by atoms with Gasteiger partial charge in [-0.05, 0) is 18.9 Å². The van der Waals surface area contributed by atoms with Crippen molar-refractivity contribution in [1.29, 1.82) is 0 Å². The van der Waals surface area contributed by atoms with E-state index in [4.69, 9.17) is 0 Å². The summed E-state index contributed by atoms with van der Waals surface area (Å²) >= 11 is 0. The van der Waals surface area contributed by atoms with Gasteiger partial charge in [0.25, 0.3) is 5.91 Å². The van der Waals surface area contributed by atoms with Gasteiger partial charge in [-0.2, -0.15) is 5.10 Å². The van der Waals surface area contributed by atoms with Gasteiger partial charge in [-0.1, -0.05) is 0 Å². The van der Waals surface area contributed by atoms with E-state index in [9.17, 15) is 9.18 Å². The summed E-state index contributed by atoms with van der Waals surface area (Å²) in [6.45, 7) is 1.44. The Morgan fingerprint density at radius 2 is 2.00 bits per heavy atom. The van der Waals surface area contributed by atoms with Crippen molar-refractivity contribution in [3.8, 4) is 0 Å². The summed E-state index contributed by atoms with van der Waals surface area (Å²) in [4.78, 5) is 22.0. The molecule has 1 fully saturated rings. The summed E-state index contributed by atoms with van der Waals surface area (Å²) < 4.78 is 14.4. The van der Waals surface area contributed by atoms with E-state index in [0.29, 0.717) is 11.6 Å². The van der Waals surface area contributed by atoms with Crippen LogP contribution in [0.3, 0.4) is 0 Å². The molecule has 0 saturated carbocycles. The number of nitrogens with zero attached hydrogens (tertiary/aromatic N) is 5. The lowest BCUT2D eigenvalue weighted by atomic mass is 10.1. The average Bonchev–Trinajstić information content (AvgIpc) is 2.96. The normalized spacial score (nSPS) is 15.8. The predicted molar refractivity (Wildman–Crippen MR) is 77.9 cm³/mol. The second-order valence-corrected chi connectivity index (χ2v) is 5.31. The van der Waals surface area contributed by atoms with Gasteiger partial charge in [0.15, 0.2) is 5.82 Å². The lowest BCUT2D eigenvalue weighted by molar-refractivity contribution is 0.0925. The molecular weight excluding hydrogens is 287 g/mol. The van der Waals surface area contributed by atoms with Crippen LogP contribution in [-0.4, -0.2) is 44.8 Å². The van der Waals surface area contributed by atoms with Gasteiger partial charge in [0.05, 0.1) is 12.4 Å². The first-order valence-corrected chi connectivity index (χ1v) is 7.15. The lowest BCUT2D eigenvalue weighted by Crippen LogP contribution is -2.45. The molecule has 116 valence electrons. The van der Waals surface area contributed by atoms with Crippen LogP contribution in [0.1, 0.15) is 23.3 Å². The topological polar surface area (TPSA) is 75.9 Å². The van der Waals surface area contributed by atoms with E-state index >= 15 is 0 Å². The van der Waals surface area contributed by atoms with Gasteiger partial charge in [0, 0.05) is 32.4 Å². The number of carbonyl (C=O) groups is 1. The molecule has 0 unspecified atom stereocenters. The standard InChI is InChI=1S/C14H17FN6O/c1-20-5-4-12(19-20)13(22)18-11-2-6-21(7-3-11)14-16-8-10(15)9-17-14/h4-5,8-9,11H,2-3,6-7H2,1H3,(H,18,22). The molecule has 8 heteroatoms. The van der Waals surface area contributed by atoms with Crippen LogP contribution in [0.25, 0.3) is 0 Å². The third-order valence-electron chi connectivity index (χ3n) is 3.67. The van der Waals surface area contributed by atoms with Crippen molar-refractivity contribution in [3.63, 3.8) is 0 Å². The van der Waals surface area contributed by atoms with Crippen LogP contribution in [0.4, 0.5) is 10.3 Å². The van der Waals surface area contributed by atoms with Gasteiger partial charge in [0.1, 0.15) is 5.69 Å². The third-order valence-corrected chi connectivity index (χ3v) is 3.67. The highest BCUT2D eigenvalue weighted by Crippen LogP contribution is 2.16. The van der Waals surface area contributed by atoms with Gasteiger partial charge in [0.2, 0.25) is 5.95 Å². The predicted octanol–water partition coefficient (Wildman–Crippen LogP) is 0.748. The second kappa shape index (κ2) is 6.08. The number of anilines is 1. The van der Waals surface area contributed by atoms with Crippen LogP contribution in [0.2, 0.25) is 0 Å². The molecule has 22 heavy (non-hydrogen) atoms. The Morgan fingerprint density at radius 3 is 2.59 bits per heavy atom. The van der Waals surface area contributed by atoms with E-state index in [2.05, 4.69) is 20.4 Å². The fourth-order valence-corrected chi connectivity index (χ4v) is 2.49. The molecule has 0 spiro atoms. The zero-order valence-corrected chi connectivity index (χ0v) is 12.2. The van der Waals surface area contributed by atoms with Crippen molar-refractivity contribution < 1.29 is 9.18 Å². The number of aromatic nitrogens is 4. The van der Waals surface area contributed by atoms with Gasteiger partial charge in [-0.3, -0.25) is 9.48 Å². The third kappa shape index (κ3) is 3.21. The van der Waals surface area contributed by atoms with Gasteiger partial charge in [-0.25, -0.2) is 14.4 Å². The van der Waals surface area contributed by atoms with Crippen LogP contribution in [0.5, 0.6) is 0 Å². The number of amides is 1. The number of nitrogens with one attached hydrogen (secondary N) is 1. The zero-order valence-electron chi connectivity index (χ0n) is 12.2. The molecule has 0 radical (unpaired) electrons. The summed E-state index contributed by atoms with van der Waals surface area (Å²) in [7, 11) is 1.78. The van der Waals surface area contributed by atoms with E-state index in [-0.39, 0.29) is 11.9 Å². The van der Waals surface area contributed by atoms with Crippen molar-refractivity contribution >= 4 is 11.9 Å². The summed E-state index contributed by atoms with van der Waals surface area (Å²) in [6, 6.07) is 1.79. The molecule has 7 nitrogen and oxygen atoms in total. The highest BCUT2D eigenvalue weighted by Gasteiger charge is 2.23. The molecule has 0 atom stereocenters. The first kappa shape index (κ1) is 14.4. The van der Waals surface area contributed by atoms with E-state index in [0.717, 1.165) is 38.3 Å². The number of halogens is 1. The molecule has 1 saturated heterocycles. The van der Waals surface area contributed by atoms with Crippen molar-refractivity contribution in [3.05, 3.63) is 36.2 Å². The van der Waals surface area contributed by atoms with Gasteiger partial charge in [-0.15, -0.1) is 0 Å². The highest BCUT2D eigenvalue weighted by atomic mass is 19.1. The molecular formula is C14H17FN6O. The van der Waals surface area contributed by atoms with Crippen LogP contribution >= 0.6 is 0 Å². The molecule has 2 aromatic heterocycles. The minimum Gasteiger partial charge on any atom is -0.348 e. The summed E-state index contributed by atoms with van der Waals surface area (Å²) in [5.74, 6) is -0.0748. The number of carbonyl (C=O) groups excluding carboxylic acids is 1. The molecule has 1 N–H and O–H groups in total. The Labute approximate surface area is 127 Å². The first-order chi connectivity index (χ1) is 10.6. The van der Waals surface area contributed by atoms with Crippen molar-refractivity contribution in [2.45, 2.75) is 18.9 Å². The molecule has 1 aliphatic rings. The number of hydrogen-bond donors (Lipinski definition) is 1. The first-order valence-electron chi connectivity index (χ1n) is 7.15.